The fraction of sp³-hybridized carbons (Fsp3) is 0.500. The van der Waals surface area contributed by atoms with Gasteiger partial charge in [-0.05, 0) is 100 Å². The lowest BCUT2D eigenvalue weighted by Crippen LogP contribution is -2.44. The average molecular weight is 428 g/mol. The fourth-order valence-corrected chi connectivity index (χ4v) is 5.36. The normalized spacial score (nSPS) is 21.9. The van der Waals surface area contributed by atoms with Gasteiger partial charge < -0.3 is 9.64 Å². The van der Waals surface area contributed by atoms with Crippen LogP contribution in [0.3, 0.4) is 0 Å². The third-order valence-corrected chi connectivity index (χ3v) is 6.92. The molecule has 1 spiro atoms. The number of hydrogen-bond acceptors (Lipinski definition) is 3. The first-order chi connectivity index (χ1) is 15.3. The van der Waals surface area contributed by atoms with Crippen LogP contribution in [-0.2, 0) is 11.2 Å². The Morgan fingerprint density at radius 1 is 1.19 bits per heavy atom. The van der Waals surface area contributed by atoms with Crippen molar-refractivity contribution < 1.29 is 4.74 Å². The molecular weight excluding hydrogens is 394 g/mol. The van der Waals surface area contributed by atoms with Gasteiger partial charge in [0, 0.05) is 24.2 Å². The largest absolute Gasteiger partial charge is 0.487 e. The standard InChI is InChI=1S/C28H33N3O/c1-27(2,3)31-16-8-9-22-17-21(11-13-26(22)31)10-12-24-18-23(25(20-29)30-4)19-28(32-24)14-6-5-7-15-28/h10-13,17-18H,5-9,14-16,19H2,1-3H3. The molecule has 0 unspecified atom stereocenters. The fourth-order valence-electron chi connectivity index (χ4n) is 5.36. The number of aryl methyl sites for hydroxylation is 1. The SMILES string of the molecule is [C-]#[N+]C(C#N)=C1C=C(C=Cc2ccc3c(c2)CCCN3C(C)(C)C)OC2(CCCCC2)C1. The Labute approximate surface area is 192 Å². The van der Waals surface area contributed by atoms with Gasteiger partial charge in [-0.25, -0.2) is 10.1 Å². The zero-order chi connectivity index (χ0) is 22.8. The first-order valence-corrected chi connectivity index (χ1v) is 11.8. The molecule has 0 saturated heterocycles. The van der Waals surface area contributed by atoms with E-state index in [2.05, 4.69) is 60.9 Å². The van der Waals surface area contributed by atoms with Crippen molar-refractivity contribution in [3.8, 4) is 6.07 Å². The monoisotopic (exact) mass is 427 g/mol. The third-order valence-electron chi connectivity index (χ3n) is 6.92. The second kappa shape index (κ2) is 8.87. The second-order valence-electron chi connectivity index (χ2n) is 10.3. The highest BCUT2D eigenvalue weighted by molar-refractivity contribution is 5.64. The van der Waals surface area contributed by atoms with E-state index in [-0.39, 0.29) is 16.8 Å². The summed E-state index contributed by atoms with van der Waals surface area (Å²) in [4.78, 5) is 5.98. The number of benzene rings is 1. The van der Waals surface area contributed by atoms with E-state index < -0.39 is 0 Å². The highest BCUT2D eigenvalue weighted by atomic mass is 16.5. The quantitative estimate of drug-likeness (QED) is 0.378. The lowest BCUT2D eigenvalue weighted by Gasteiger charge is -2.42. The molecule has 0 atom stereocenters. The molecule has 4 nitrogen and oxygen atoms in total. The Kier molecular flexibility index (Phi) is 6.16. The van der Waals surface area contributed by atoms with Gasteiger partial charge in [0.25, 0.3) is 5.70 Å². The summed E-state index contributed by atoms with van der Waals surface area (Å²) in [6.45, 7) is 15.3. The molecule has 1 aromatic carbocycles. The smallest absolute Gasteiger partial charge is 0.265 e. The summed E-state index contributed by atoms with van der Waals surface area (Å²) in [6, 6.07) is 8.80. The number of hydrogen-bond donors (Lipinski definition) is 0. The highest BCUT2D eigenvalue weighted by Crippen LogP contribution is 2.43. The molecule has 4 rings (SSSR count). The van der Waals surface area contributed by atoms with Crippen LogP contribution in [-0.4, -0.2) is 17.7 Å². The van der Waals surface area contributed by atoms with Crippen LogP contribution in [0.1, 0.15) is 76.8 Å². The Balaban J connectivity index is 1.63. The predicted octanol–water partition coefficient (Wildman–Crippen LogP) is 6.95. The third kappa shape index (κ3) is 4.61. The van der Waals surface area contributed by atoms with E-state index in [1.165, 1.54) is 24.1 Å². The summed E-state index contributed by atoms with van der Waals surface area (Å²) in [5.74, 6) is 0.763. The number of nitriles is 1. The van der Waals surface area contributed by atoms with Gasteiger partial charge in [-0.3, -0.25) is 0 Å². The lowest BCUT2D eigenvalue weighted by molar-refractivity contribution is -0.0285. The van der Waals surface area contributed by atoms with E-state index in [0.29, 0.717) is 6.42 Å². The minimum Gasteiger partial charge on any atom is -0.487 e. The van der Waals surface area contributed by atoms with Crippen LogP contribution in [0, 0.1) is 17.9 Å². The van der Waals surface area contributed by atoms with Gasteiger partial charge in [-0.2, -0.15) is 0 Å². The van der Waals surface area contributed by atoms with Crippen LogP contribution in [0.4, 0.5) is 5.69 Å². The van der Waals surface area contributed by atoms with Crippen LogP contribution in [0.25, 0.3) is 10.9 Å². The summed E-state index contributed by atoms with van der Waals surface area (Å²) in [6.07, 6.45) is 14.4. The number of rotatable bonds is 2. The summed E-state index contributed by atoms with van der Waals surface area (Å²) in [5, 5.41) is 9.44. The Morgan fingerprint density at radius 2 is 1.97 bits per heavy atom. The van der Waals surface area contributed by atoms with Crippen LogP contribution in [0.2, 0.25) is 0 Å². The average Bonchev–Trinajstić information content (AvgIpc) is 2.77. The minimum absolute atomic E-state index is 0.117. The Hall–Kier alpha value is -2.98. The van der Waals surface area contributed by atoms with E-state index in [1.54, 1.807) is 0 Å². The number of anilines is 1. The van der Waals surface area contributed by atoms with Gasteiger partial charge in [0.2, 0.25) is 0 Å². The summed E-state index contributed by atoms with van der Waals surface area (Å²) in [7, 11) is 0. The topological polar surface area (TPSA) is 40.6 Å². The number of fused-ring (bicyclic) bond motifs is 1. The molecule has 0 amide bonds. The zero-order valence-electron chi connectivity index (χ0n) is 19.6. The molecule has 166 valence electrons. The molecule has 1 fully saturated rings. The Morgan fingerprint density at radius 3 is 2.66 bits per heavy atom. The highest BCUT2D eigenvalue weighted by Gasteiger charge is 2.38. The summed E-state index contributed by atoms with van der Waals surface area (Å²) >= 11 is 0. The van der Waals surface area contributed by atoms with Gasteiger partial charge in [0.15, 0.2) is 0 Å². The molecule has 2 aliphatic heterocycles. The van der Waals surface area contributed by atoms with E-state index in [1.807, 2.05) is 12.2 Å². The van der Waals surface area contributed by atoms with Crippen LogP contribution in [0.15, 0.2) is 47.4 Å². The molecule has 0 N–H and O–H groups in total. The predicted molar refractivity (Wildman–Crippen MR) is 130 cm³/mol. The molecule has 2 heterocycles. The second-order valence-corrected chi connectivity index (χ2v) is 10.3. The van der Waals surface area contributed by atoms with Crippen molar-refractivity contribution in [1.29, 1.82) is 5.26 Å². The number of nitrogens with zero attached hydrogens (tertiary/aromatic N) is 3. The summed E-state index contributed by atoms with van der Waals surface area (Å²) < 4.78 is 6.50. The maximum absolute atomic E-state index is 9.44. The number of ether oxygens (including phenoxy) is 1. The van der Waals surface area contributed by atoms with E-state index in [4.69, 9.17) is 11.3 Å². The van der Waals surface area contributed by atoms with Gasteiger partial charge in [0.05, 0.1) is 12.6 Å². The molecule has 4 heteroatoms. The molecule has 1 aliphatic carbocycles. The van der Waals surface area contributed by atoms with Crippen LogP contribution in [0.5, 0.6) is 0 Å². The van der Waals surface area contributed by atoms with Crippen molar-refractivity contribution in [3.63, 3.8) is 0 Å². The van der Waals surface area contributed by atoms with E-state index in [0.717, 1.165) is 55.5 Å². The molecule has 1 saturated carbocycles. The van der Waals surface area contributed by atoms with Gasteiger partial charge in [-0.15, -0.1) is 0 Å². The molecule has 0 aromatic heterocycles. The lowest BCUT2D eigenvalue weighted by atomic mass is 9.78. The van der Waals surface area contributed by atoms with Crippen LogP contribution >= 0.6 is 0 Å². The van der Waals surface area contributed by atoms with E-state index >= 15 is 0 Å². The first kappa shape index (κ1) is 22.2. The molecule has 3 aliphatic rings. The first-order valence-electron chi connectivity index (χ1n) is 11.8. The van der Waals surface area contributed by atoms with Gasteiger partial charge in [0.1, 0.15) is 11.4 Å². The van der Waals surface area contributed by atoms with Crippen molar-refractivity contribution in [2.75, 3.05) is 11.4 Å². The molecule has 0 bridgehead atoms. The van der Waals surface area contributed by atoms with Crippen molar-refractivity contribution in [3.05, 3.63) is 69.9 Å². The maximum atomic E-state index is 9.44. The molecule has 32 heavy (non-hydrogen) atoms. The van der Waals surface area contributed by atoms with Crippen molar-refractivity contribution >= 4 is 11.8 Å². The van der Waals surface area contributed by atoms with Gasteiger partial charge in [-0.1, -0.05) is 18.6 Å². The molecule has 0 radical (unpaired) electrons. The minimum atomic E-state index is -0.266. The van der Waals surface area contributed by atoms with Crippen molar-refractivity contribution in [2.45, 2.75) is 83.3 Å². The Bertz CT molecular complexity index is 1030. The number of allylic oxidation sites excluding steroid dienone is 3. The van der Waals surface area contributed by atoms with Crippen molar-refractivity contribution in [1.82, 2.24) is 0 Å². The molecular formula is C28H33N3O. The summed E-state index contributed by atoms with van der Waals surface area (Å²) in [5.41, 5.74) is 4.76. The molecule has 1 aromatic rings. The van der Waals surface area contributed by atoms with E-state index in [9.17, 15) is 5.26 Å². The van der Waals surface area contributed by atoms with Gasteiger partial charge >= 0.3 is 0 Å². The van der Waals surface area contributed by atoms with Crippen molar-refractivity contribution in [2.24, 2.45) is 0 Å². The zero-order valence-corrected chi connectivity index (χ0v) is 19.6. The van der Waals surface area contributed by atoms with Crippen LogP contribution < -0.4 is 4.90 Å². The maximum Gasteiger partial charge on any atom is 0.265 e.